The molecule has 1 atom stereocenters. The van der Waals surface area contributed by atoms with Gasteiger partial charge in [-0.1, -0.05) is 12.6 Å². The van der Waals surface area contributed by atoms with E-state index in [9.17, 15) is 13.2 Å². The number of hydrogen-bond acceptors (Lipinski definition) is 6. The zero-order valence-corrected chi connectivity index (χ0v) is 20.0. The molecular formula is C26H27N3O4S. The highest BCUT2D eigenvalue weighted by atomic mass is 32.2. The molecule has 1 aliphatic carbocycles. The van der Waals surface area contributed by atoms with Crippen molar-refractivity contribution >= 4 is 21.5 Å². The zero-order valence-electron chi connectivity index (χ0n) is 19.1. The Bertz CT molecular complexity index is 1330. The lowest BCUT2D eigenvalue weighted by Crippen LogP contribution is -2.55. The van der Waals surface area contributed by atoms with E-state index in [0.29, 0.717) is 47.0 Å². The van der Waals surface area contributed by atoms with Gasteiger partial charge in [0, 0.05) is 43.2 Å². The lowest BCUT2D eigenvalue weighted by Gasteiger charge is -2.47. The number of ether oxygens (including phenoxy) is 1. The first-order valence-corrected chi connectivity index (χ1v) is 13.4. The van der Waals surface area contributed by atoms with Crippen molar-refractivity contribution < 1.29 is 17.9 Å². The number of carbonyl (C=O) groups excluding carboxylic acids is 1. The molecule has 0 bridgehead atoms. The number of anilines is 1. The molecule has 0 unspecified atom stereocenters. The molecule has 34 heavy (non-hydrogen) atoms. The lowest BCUT2D eigenvalue weighted by molar-refractivity contribution is 0.00851. The molecular weight excluding hydrogens is 450 g/mol. The summed E-state index contributed by atoms with van der Waals surface area (Å²) in [6.45, 7) is 5.72. The molecule has 0 radical (unpaired) electrons. The number of aryl methyl sites for hydroxylation is 1. The number of likely N-dealkylation sites (tertiary alicyclic amines) is 1. The molecule has 2 aromatic carbocycles. The number of sulfonamides is 1. The van der Waals surface area contributed by atoms with Gasteiger partial charge in [-0.3, -0.25) is 14.4 Å². The Kier molecular flexibility index (Phi) is 5.50. The van der Waals surface area contributed by atoms with Crippen LogP contribution in [0.4, 0.5) is 5.69 Å². The molecule has 5 rings (SSSR count). The van der Waals surface area contributed by atoms with Gasteiger partial charge in [0.05, 0.1) is 23.5 Å². The van der Waals surface area contributed by atoms with Gasteiger partial charge in [-0.2, -0.15) is 5.26 Å². The Hall–Kier alpha value is -3.15. The van der Waals surface area contributed by atoms with E-state index >= 15 is 0 Å². The summed E-state index contributed by atoms with van der Waals surface area (Å²) in [6.07, 6.45) is 5.41. The predicted molar refractivity (Wildman–Crippen MR) is 130 cm³/mol. The summed E-state index contributed by atoms with van der Waals surface area (Å²) < 4.78 is 31.9. The molecule has 2 heterocycles. The van der Waals surface area contributed by atoms with Crippen LogP contribution in [0, 0.1) is 11.3 Å². The Morgan fingerprint density at radius 2 is 1.94 bits per heavy atom. The summed E-state index contributed by atoms with van der Waals surface area (Å²) in [5.74, 6) is 0.288. The maximum atomic E-state index is 13.2. The second-order valence-electron chi connectivity index (χ2n) is 9.52. The van der Waals surface area contributed by atoms with E-state index in [4.69, 9.17) is 10.00 Å². The topological polar surface area (TPSA) is 99.5 Å². The predicted octanol–water partition coefficient (Wildman–Crippen LogP) is 3.45. The van der Waals surface area contributed by atoms with Gasteiger partial charge in [0.2, 0.25) is 10.0 Å². The number of nitrogens with zero attached hydrogens (tertiary/aromatic N) is 2. The number of Topliss-reactive ketones (excluding diaryl/α,β-unsaturated/α-hetero) is 1. The third kappa shape index (κ3) is 4.10. The van der Waals surface area contributed by atoms with E-state index in [2.05, 4.69) is 28.3 Å². The van der Waals surface area contributed by atoms with E-state index in [0.717, 1.165) is 38.6 Å². The number of nitrogens with one attached hydrogen (secondary N) is 1. The summed E-state index contributed by atoms with van der Waals surface area (Å²) in [7, 11) is -3.45. The highest BCUT2D eigenvalue weighted by Crippen LogP contribution is 2.43. The van der Waals surface area contributed by atoms with Crippen molar-refractivity contribution in [2.45, 2.75) is 43.7 Å². The second kappa shape index (κ2) is 8.26. The molecule has 1 N–H and O–H groups in total. The maximum absolute atomic E-state index is 13.2. The van der Waals surface area contributed by atoms with Crippen molar-refractivity contribution in [1.82, 2.24) is 4.90 Å². The molecule has 0 amide bonds. The monoisotopic (exact) mass is 477 g/mol. The quantitative estimate of drug-likeness (QED) is 0.680. The minimum atomic E-state index is -3.45. The summed E-state index contributed by atoms with van der Waals surface area (Å²) in [5, 5.41) is 9.15. The second-order valence-corrected chi connectivity index (χ2v) is 11.3. The molecule has 7 nitrogen and oxygen atoms in total. The highest BCUT2D eigenvalue weighted by Gasteiger charge is 2.47. The third-order valence-electron chi connectivity index (χ3n) is 7.32. The van der Waals surface area contributed by atoms with Crippen molar-refractivity contribution in [2.75, 3.05) is 24.1 Å². The minimum Gasteiger partial charge on any atom is -0.482 e. The van der Waals surface area contributed by atoms with Crippen molar-refractivity contribution in [2.24, 2.45) is 0 Å². The molecule has 1 saturated heterocycles. The molecule has 8 heteroatoms. The largest absolute Gasteiger partial charge is 0.482 e. The van der Waals surface area contributed by atoms with E-state index in [1.165, 1.54) is 17.2 Å². The van der Waals surface area contributed by atoms with Crippen LogP contribution in [0.15, 0.2) is 48.6 Å². The summed E-state index contributed by atoms with van der Waals surface area (Å²) >= 11 is 0. The molecule has 1 spiro atoms. The zero-order chi connectivity index (χ0) is 24.1. The lowest BCUT2D eigenvalue weighted by atomic mass is 9.77. The van der Waals surface area contributed by atoms with E-state index in [-0.39, 0.29) is 5.78 Å². The fourth-order valence-corrected chi connectivity index (χ4v) is 6.04. The molecule has 3 aliphatic rings. The first kappa shape index (κ1) is 22.6. The van der Waals surface area contributed by atoms with Gasteiger partial charge < -0.3 is 4.74 Å². The van der Waals surface area contributed by atoms with Crippen LogP contribution < -0.4 is 9.46 Å². The molecule has 2 aromatic rings. The molecule has 0 aromatic heterocycles. The van der Waals surface area contributed by atoms with E-state index in [1.54, 1.807) is 12.1 Å². The van der Waals surface area contributed by atoms with Gasteiger partial charge in [0.1, 0.15) is 11.4 Å². The molecule has 1 fully saturated rings. The summed E-state index contributed by atoms with van der Waals surface area (Å²) in [6, 6.07) is 13.4. The number of ketones is 1. The van der Waals surface area contributed by atoms with Crippen LogP contribution in [0.3, 0.4) is 0 Å². The number of benzene rings is 2. The van der Waals surface area contributed by atoms with Crippen LogP contribution >= 0.6 is 0 Å². The van der Waals surface area contributed by atoms with Crippen LogP contribution in [0.25, 0.3) is 0 Å². The van der Waals surface area contributed by atoms with E-state index < -0.39 is 15.6 Å². The Morgan fingerprint density at radius 3 is 2.65 bits per heavy atom. The van der Waals surface area contributed by atoms with Crippen LogP contribution in [0.2, 0.25) is 0 Å². The van der Waals surface area contributed by atoms with E-state index in [1.807, 2.05) is 12.1 Å². The highest BCUT2D eigenvalue weighted by molar-refractivity contribution is 7.92. The number of rotatable bonds is 3. The number of nitriles is 1. The van der Waals surface area contributed by atoms with Crippen molar-refractivity contribution in [1.29, 1.82) is 5.26 Å². The van der Waals surface area contributed by atoms with Gasteiger partial charge in [0.15, 0.2) is 5.78 Å². The summed E-state index contributed by atoms with van der Waals surface area (Å²) in [5.41, 5.74) is 3.70. The SMILES string of the molecule is C=C1C(=O)c2cc(NS(C)(=O)=O)ccc2OC12CCN([C@@H]1CCc3cc(C#N)ccc3C1)CC2. The van der Waals surface area contributed by atoms with Crippen LogP contribution in [-0.4, -0.2) is 50.1 Å². The Labute approximate surface area is 200 Å². The molecule has 0 saturated carbocycles. The third-order valence-corrected chi connectivity index (χ3v) is 7.92. The fourth-order valence-electron chi connectivity index (χ4n) is 5.49. The first-order valence-electron chi connectivity index (χ1n) is 11.5. The number of hydrogen-bond donors (Lipinski definition) is 1. The normalized spacial score (nSPS) is 21.8. The molecule has 176 valence electrons. The van der Waals surface area contributed by atoms with Gasteiger partial charge in [-0.25, -0.2) is 8.42 Å². The minimum absolute atomic E-state index is 0.188. The van der Waals surface area contributed by atoms with Crippen molar-refractivity contribution in [3.63, 3.8) is 0 Å². The smallest absolute Gasteiger partial charge is 0.229 e. The maximum Gasteiger partial charge on any atom is 0.229 e. The van der Waals surface area contributed by atoms with Gasteiger partial charge in [-0.15, -0.1) is 0 Å². The fraction of sp³-hybridized carbons (Fsp3) is 0.385. The Balaban J connectivity index is 1.30. The van der Waals surface area contributed by atoms with Gasteiger partial charge >= 0.3 is 0 Å². The van der Waals surface area contributed by atoms with Gasteiger partial charge in [-0.05, 0) is 60.7 Å². The van der Waals surface area contributed by atoms with Crippen LogP contribution in [0.5, 0.6) is 5.75 Å². The number of carbonyl (C=O) groups is 1. The number of fused-ring (bicyclic) bond motifs is 2. The van der Waals surface area contributed by atoms with Crippen molar-refractivity contribution in [3.05, 3.63) is 70.8 Å². The van der Waals surface area contributed by atoms with Gasteiger partial charge in [0.25, 0.3) is 0 Å². The first-order chi connectivity index (χ1) is 16.2. The summed E-state index contributed by atoms with van der Waals surface area (Å²) in [4.78, 5) is 15.7. The Morgan fingerprint density at radius 1 is 1.18 bits per heavy atom. The van der Waals surface area contributed by atoms with Crippen molar-refractivity contribution in [3.8, 4) is 11.8 Å². The number of piperidine rings is 1. The average molecular weight is 478 g/mol. The average Bonchev–Trinajstić information content (AvgIpc) is 2.82. The van der Waals surface area contributed by atoms with Crippen LogP contribution in [0.1, 0.15) is 46.3 Å². The molecule has 2 aliphatic heterocycles. The van der Waals surface area contributed by atoms with Crippen LogP contribution in [-0.2, 0) is 22.9 Å². The standard InChI is InChI=1S/C26H27N3O4S/c1-17-25(30)23-15-21(28-34(2,31)32)6-8-24(23)33-26(17)9-11-29(12-10-26)22-7-5-19-13-18(16-27)3-4-20(19)14-22/h3-4,6,8,13,15,22,28H,1,5,7,9-12,14H2,2H3/t22-/m1/s1.